The third-order valence-electron chi connectivity index (χ3n) is 6.16. The van der Waals surface area contributed by atoms with Crippen molar-refractivity contribution in [3.8, 4) is 0 Å². The molecule has 8 heteroatoms. The van der Waals surface area contributed by atoms with Crippen molar-refractivity contribution < 1.29 is 19.8 Å². The quantitative estimate of drug-likeness (QED) is 0.124. The SMILES string of the molecule is CCCCCCCCC1=C(CCCCCCCC)C(Br)(C(=O)O)C(Br)(C(=O)O)C(Br)=C1Br. The first-order valence-corrected chi connectivity index (χ1v) is 14.9. The topological polar surface area (TPSA) is 74.6 Å². The molecule has 0 radical (unpaired) electrons. The monoisotopic (exact) mass is 704 g/mol. The van der Waals surface area contributed by atoms with Crippen LogP contribution in [0, 0.1) is 0 Å². The second-order valence-electron chi connectivity index (χ2n) is 8.55. The summed E-state index contributed by atoms with van der Waals surface area (Å²) in [5.74, 6) is -2.45. The fourth-order valence-electron chi connectivity index (χ4n) is 4.25. The molecule has 2 atom stereocenters. The predicted octanol–water partition coefficient (Wildman–Crippen LogP) is 9.24. The molecule has 0 aliphatic heterocycles. The minimum absolute atomic E-state index is 0.296. The summed E-state index contributed by atoms with van der Waals surface area (Å²) in [5.41, 5.74) is 1.57. The van der Waals surface area contributed by atoms with Crippen LogP contribution >= 0.6 is 63.7 Å². The van der Waals surface area contributed by atoms with E-state index in [9.17, 15) is 19.8 Å². The van der Waals surface area contributed by atoms with Gasteiger partial charge in [0.05, 0.1) is 0 Å². The maximum atomic E-state index is 12.6. The highest BCUT2D eigenvalue weighted by molar-refractivity contribution is 9.16. The highest BCUT2D eigenvalue weighted by atomic mass is 79.9. The minimum Gasteiger partial charge on any atom is -0.480 e. The van der Waals surface area contributed by atoms with Crippen molar-refractivity contribution in [1.82, 2.24) is 0 Å². The van der Waals surface area contributed by atoms with Crippen LogP contribution in [-0.2, 0) is 9.59 Å². The first kappa shape index (κ1) is 30.4. The van der Waals surface area contributed by atoms with Crippen molar-refractivity contribution >= 4 is 75.7 Å². The molecule has 0 bridgehead atoms. The highest BCUT2D eigenvalue weighted by Crippen LogP contribution is 2.59. The Hall–Kier alpha value is 0.340. The molecule has 0 saturated heterocycles. The van der Waals surface area contributed by atoms with Gasteiger partial charge in [-0.15, -0.1) is 0 Å². The Morgan fingerprint density at radius 2 is 1.09 bits per heavy atom. The summed E-state index contributed by atoms with van der Waals surface area (Å²) < 4.78 is -2.66. The van der Waals surface area contributed by atoms with E-state index in [2.05, 4.69) is 77.6 Å². The van der Waals surface area contributed by atoms with E-state index in [0.29, 0.717) is 21.0 Å². The van der Waals surface area contributed by atoms with E-state index >= 15 is 0 Å². The summed E-state index contributed by atoms with van der Waals surface area (Å²) in [6, 6.07) is 0. The molecule has 1 aliphatic carbocycles. The first-order chi connectivity index (χ1) is 15.1. The number of alkyl halides is 2. The fraction of sp³-hybridized carbons (Fsp3) is 0.750. The van der Waals surface area contributed by atoms with Gasteiger partial charge in [0.15, 0.2) is 8.65 Å². The average molecular weight is 708 g/mol. The summed E-state index contributed by atoms with van der Waals surface area (Å²) in [5, 5.41) is 20.4. The van der Waals surface area contributed by atoms with Crippen LogP contribution in [-0.4, -0.2) is 30.8 Å². The lowest BCUT2D eigenvalue weighted by molar-refractivity contribution is -0.146. The number of halogens is 4. The molecule has 2 unspecified atom stereocenters. The molecule has 1 aliphatic rings. The number of hydrogen-bond acceptors (Lipinski definition) is 2. The van der Waals surface area contributed by atoms with E-state index < -0.39 is 20.6 Å². The van der Waals surface area contributed by atoms with Crippen molar-refractivity contribution in [1.29, 1.82) is 0 Å². The second kappa shape index (κ2) is 14.7. The number of allylic oxidation sites excluding steroid dienone is 2. The van der Waals surface area contributed by atoms with Crippen LogP contribution in [0.2, 0.25) is 0 Å². The molecule has 184 valence electrons. The lowest BCUT2D eigenvalue weighted by Crippen LogP contribution is -2.59. The van der Waals surface area contributed by atoms with E-state index in [0.717, 1.165) is 50.5 Å². The van der Waals surface area contributed by atoms with Gasteiger partial charge in [-0.2, -0.15) is 0 Å². The molecule has 0 heterocycles. The van der Waals surface area contributed by atoms with Crippen molar-refractivity contribution in [2.45, 2.75) is 112 Å². The molecule has 4 nitrogen and oxygen atoms in total. The largest absolute Gasteiger partial charge is 0.480 e. The Morgan fingerprint density at radius 1 is 0.688 bits per heavy atom. The molecule has 0 fully saturated rings. The zero-order valence-electron chi connectivity index (χ0n) is 19.1. The van der Waals surface area contributed by atoms with Crippen LogP contribution in [0.1, 0.15) is 104 Å². The Bertz CT molecular complexity index is 719. The molecule has 0 amide bonds. The zero-order valence-corrected chi connectivity index (χ0v) is 25.5. The molecule has 0 aromatic carbocycles. The van der Waals surface area contributed by atoms with Gasteiger partial charge in [0.2, 0.25) is 0 Å². The van der Waals surface area contributed by atoms with Crippen LogP contribution in [0.25, 0.3) is 0 Å². The van der Waals surface area contributed by atoms with E-state index in [1.165, 1.54) is 38.5 Å². The van der Waals surface area contributed by atoms with Crippen LogP contribution in [0.3, 0.4) is 0 Å². The third kappa shape index (κ3) is 6.94. The van der Waals surface area contributed by atoms with Gasteiger partial charge in [0.25, 0.3) is 0 Å². The maximum absolute atomic E-state index is 12.6. The van der Waals surface area contributed by atoms with Crippen molar-refractivity contribution in [2.75, 3.05) is 0 Å². The summed E-state index contributed by atoms with van der Waals surface area (Å²) >= 11 is 13.8. The summed E-state index contributed by atoms with van der Waals surface area (Å²) in [4.78, 5) is 25.0. The molecule has 32 heavy (non-hydrogen) atoms. The number of rotatable bonds is 16. The fourth-order valence-corrected chi connectivity index (χ4v) is 7.63. The summed E-state index contributed by atoms with van der Waals surface area (Å²) in [6.45, 7) is 4.37. The third-order valence-corrected chi connectivity index (χ3v) is 12.4. The molecular formula is C24H36Br4O4. The zero-order chi connectivity index (χ0) is 24.4. The number of aliphatic carboxylic acids is 2. The van der Waals surface area contributed by atoms with E-state index in [4.69, 9.17) is 0 Å². The predicted molar refractivity (Wildman–Crippen MR) is 146 cm³/mol. The van der Waals surface area contributed by atoms with Crippen LogP contribution in [0.15, 0.2) is 20.1 Å². The lowest BCUT2D eigenvalue weighted by atomic mass is 9.75. The molecular weight excluding hydrogens is 672 g/mol. The van der Waals surface area contributed by atoms with Crippen molar-refractivity contribution in [3.63, 3.8) is 0 Å². The van der Waals surface area contributed by atoms with Gasteiger partial charge in [-0.1, -0.05) is 126 Å². The molecule has 0 saturated carbocycles. The Morgan fingerprint density at radius 3 is 1.53 bits per heavy atom. The maximum Gasteiger partial charge on any atom is 0.328 e. The number of unbranched alkanes of at least 4 members (excludes halogenated alkanes) is 10. The van der Waals surface area contributed by atoms with Gasteiger partial charge in [-0.05, 0) is 52.8 Å². The minimum atomic E-state index is -1.84. The Balaban J connectivity index is 3.26. The normalized spacial score (nSPS) is 23.7. The van der Waals surface area contributed by atoms with Crippen LogP contribution in [0.5, 0.6) is 0 Å². The van der Waals surface area contributed by atoms with Gasteiger partial charge in [0, 0.05) is 8.96 Å². The number of hydrogen-bond donors (Lipinski definition) is 2. The van der Waals surface area contributed by atoms with Crippen LogP contribution in [0.4, 0.5) is 0 Å². The van der Waals surface area contributed by atoms with Gasteiger partial charge < -0.3 is 10.2 Å². The average Bonchev–Trinajstić information content (AvgIpc) is 2.75. The Kier molecular flexibility index (Phi) is 13.9. The van der Waals surface area contributed by atoms with Crippen LogP contribution < -0.4 is 0 Å². The standard InChI is InChI=1S/C24H36Br4O4/c1-3-5-7-9-11-13-15-17-18(16-14-12-10-8-6-4-2)23(27,21(29)30)24(28,22(31)32)20(26)19(17)25/h3-16H2,1-2H3,(H,29,30)(H,31,32). The van der Waals surface area contributed by atoms with Gasteiger partial charge in [-0.3, -0.25) is 9.59 Å². The molecule has 0 aromatic heterocycles. The van der Waals surface area contributed by atoms with E-state index in [1.54, 1.807) is 0 Å². The highest BCUT2D eigenvalue weighted by Gasteiger charge is 2.65. The summed E-state index contributed by atoms with van der Waals surface area (Å²) in [6.07, 6.45) is 14.6. The lowest BCUT2D eigenvalue weighted by Gasteiger charge is -2.43. The molecule has 1 rings (SSSR count). The molecule has 2 N–H and O–H groups in total. The van der Waals surface area contributed by atoms with Gasteiger partial charge in [0.1, 0.15) is 0 Å². The van der Waals surface area contributed by atoms with E-state index in [-0.39, 0.29) is 0 Å². The molecule has 0 spiro atoms. The van der Waals surface area contributed by atoms with Crippen molar-refractivity contribution in [3.05, 3.63) is 20.1 Å². The summed E-state index contributed by atoms with van der Waals surface area (Å²) in [7, 11) is 0. The second-order valence-corrected chi connectivity index (χ2v) is 12.5. The van der Waals surface area contributed by atoms with E-state index in [1.807, 2.05) is 0 Å². The Labute approximate surface area is 226 Å². The molecule has 0 aromatic rings. The number of carboxylic acids is 2. The smallest absolute Gasteiger partial charge is 0.328 e. The van der Waals surface area contributed by atoms with Gasteiger partial charge in [-0.25, -0.2) is 0 Å². The number of carbonyl (C=O) groups is 2. The first-order valence-electron chi connectivity index (χ1n) is 11.7. The van der Waals surface area contributed by atoms with Crippen molar-refractivity contribution in [2.24, 2.45) is 0 Å². The number of carboxylic acid groups (broad SMARTS) is 2. The van der Waals surface area contributed by atoms with Gasteiger partial charge >= 0.3 is 11.9 Å².